The normalized spacial score (nSPS) is 11.5. The average Bonchev–Trinajstić information content (AvgIpc) is 2.75. The monoisotopic (exact) mass is 426 g/mol. The van der Waals surface area contributed by atoms with Crippen LogP contribution in [0.4, 0.5) is 13.2 Å². The molecule has 0 aliphatic carbocycles. The summed E-state index contributed by atoms with van der Waals surface area (Å²) in [5.74, 6) is 0.517. The van der Waals surface area contributed by atoms with E-state index in [2.05, 4.69) is 0 Å². The number of ketones is 1. The molecule has 3 aromatic carbocycles. The highest BCUT2D eigenvalue weighted by Crippen LogP contribution is 2.32. The number of carbonyl (C=O) groups is 1. The summed E-state index contributed by atoms with van der Waals surface area (Å²) in [4.78, 5) is 12.4. The Bertz CT molecular complexity index is 1100. The minimum Gasteiger partial charge on any atom is -0.496 e. The lowest BCUT2D eigenvalue weighted by Gasteiger charge is -2.13. The van der Waals surface area contributed by atoms with Crippen LogP contribution in [0.1, 0.15) is 32.6 Å². The van der Waals surface area contributed by atoms with Gasteiger partial charge in [-0.25, -0.2) is 0 Å². The van der Waals surface area contributed by atoms with Crippen molar-refractivity contribution in [1.82, 2.24) is 0 Å². The fourth-order valence-electron chi connectivity index (χ4n) is 3.00. The van der Waals surface area contributed by atoms with Crippen LogP contribution in [0.3, 0.4) is 0 Å². The summed E-state index contributed by atoms with van der Waals surface area (Å²) in [7, 11) is 1.50. The number of rotatable bonds is 7. The van der Waals surface area contributed by atoms with Crippen LogP contribution in [0.15, 0.2) is 72.8 Å². The lowest BCUT2D eigenvalue weighted by molar-refractivity contribution is -0.137. The fraction of sp³-hybridized carbons (Fsp3) is 0.160. The van der Waals surface area contributed by atoms with Crippen molar-refractivity contribution in [2.24, 2.45) is 0 Å². The van der Waals surface area contributed by atoms with Gasteiger partial charge in [-0.05, 0) is 55.0 Å². The highest BCUT2D eigenvalue weighted by atomic mass is 19.4. The largest absolute Gasteiger partial charge is 0.496 e. The minimum absolute atomic E-state index is 0.0119. The van der Waals surface area contributed by atoms with E-state index in [1.165, 1.54) is 25.3 Å². The average molecular weight is 426 g/mol. The van der Waals surface area contributed by atoms with Crippen LogP contribution in [0, 0.1) is 6.92 Å². The number of alkyl halides is 3. The summed E-state index contributed by atoms with van der Waals surface area (Å²) in [6, 6.07) is 17.3. The van der Waals surface area contributed by atoms with Crippen molar-refractivity contribution < 1.29 is 27.4 Å². The van der Waals surface area contributed by atoms with E-state index in [1.807, 2.05) is 25.1 Å². The third kappa shape index (κ3) is 5.98. The van der Waals surface area contributed by atoms with Crippen LogP contribution >= 0.6 is 0 Å². The number of halogens is 3. The van der Waals surface area contributed by atoms with E-state index in [1.54, 1.807) is 30.3 Å². The third-order valence-electron chi connectivity index (χ3n) is 4.59. The van der Waals surface area contributed by atoms with Gasteiger partial charge in [0.1, 0.15) is 18.1 Å². The van der Waals surface area contributed by atoms with E-state index in [-0.39, 0.29) is 18.1 Å². The zero-order valence-corrected chi connectivity index (χ0v) is 17.1. The summed E-state index contributed by atoms with van der Waals surface area (Å²) < 4.78 is 49.5. The van der Waals surface area contributed by atoms with Gasteiger partial charge in [0.2, 0.25) is 0 Å². The van der Waals surface area contributed by atoms with Gasteiger partial charge in [-0.15, -0.1) is 0 Å². The van der Waals surface area contributed by atoms with E-state index in [0.29, 0.717) is 16.9 Å². The van der Waals surface area contributed by atoms with Crippen molar-refractivity contribution in [3.63, 3.8) is 0 Å². The smallest absolute Gasteiger partial charge is 0.416 e. The highest BCUT2D eigenvalue weighted by Gasteiger charge is 2.30. The van der Waals surface area contributed by atoms with Gasteiger partial charge in [0.25, 0.3) is 0 Å². The van der Waals surface area contributed by atoms with Crippen molar-refractivity contribution in [2.45, 2.75) is 19.7 Å². The Morgan fingerprint density at radius 3 is 2.48 bits per heavy atom. The second-order valence-electron chi connectivity index (χ2n) is 6.95. The Morgan fingerprint density at radius 2 is 1.77 bits per heavy atom. The number of ether oxygens (including phenoxy) is 2. The molecule has 3 aromatic rings. The molecule has 6 heteroatoms. The first-order valence-corrected chi connectivity index (χ1v) is 9.52. The maximum atomic E-state index is 12.9. The van der Waals surface area contributed by atoms with E-state index in [4.69, 9.17) is 9.47 Å². The summed E-state index contributed by atoms with van der Waals surface area (Å²) in [5, 5.41) is 0. The lowest BCUT2D eigenvalue weighted by Crippen LogP contribution is -2.05. The molecule has 0 N–H and O–H groups in total. The standard InChI is InChI=1S/C25H21F3O3/c1-17-5-3-6-19(13-17)23(29)11-9-18-10-12-24(30-2)20(14-18)16-31-22-8-4-7-21(15-22)25(26,27)28/h3-15H,16H2,1-2H3/b11-9+. The second kappa shape index (κ2) is 9.51. The minimum atomic E-state index is -4.44. The van der Waals surface area contributed by atoms with Gasteiger partial charge in [0, 0.05) is 11.1 Å². The van der Waals surface area contributed by atoms with Gasteiger partial charge in [0.15, 0.2) is 5.78 Å². The summed E-state index contributed by atoms with van der Waals surface area (Å²) in [6.07, 6.45) is -1.28. The second-order valence-corrected chi connectivity index (χ2v) is 6.95. The number of benzene rings is 3. The molecule has 3 rings (SSSR count). The molecule has 0 saturated carbocycles. The molecule has 160 valence electrons. The molecule has 0 bridgehead atoms. The predicted molar refractivity (Wildman–Crippen MR) is 113 cm³/mol. The Kier molecular flexibility index (Phi) is 6.80. The number of carbonyl (C=O) groups excluding carboxylic acids is 1. The molecule has 0 amide bonds. The lowest BCUT2D eigenvalue weighted by atomic mass is 10.1. The Morgan fingerprint density at radius 1 is 1.00 bits per heavy atom. The number of methoxy groups -OCH3 is 1. The first-order valence-electron chi connectivity index (χ1n) is 9.52. The summed E-state index contributed by atoms with van der Waals surface area (Å²) in [5.41, 5.74) is 2.20. The van der Waals surface area contributed by atoms with E-state index >= 15 is 0 Å². The summed E-state index contributed by atoms with van der Waals surface area (Å²) >= 11 is 0. The van der Waals surface area contributed by atoms with Crippen molar-refractivity contribution in [3.05, 3.63) is 101 Å². The van der Waals surface area contributed by atoms with Crippen LogP contribution in [0.5, 0.6) is 11.5 Å². The molecule has 3 nitrogen and oxygen atoms in total. The van der Waals surface area contributed by atoms with Gasteiger partial charge in [-0.3, -0.25) is 4.79 Å². The van der Waals surface area contributed by atoms with Crippen molar-refractivity contribution in [2.75, 3.05) is 7.11 Å². The van der Waals surface area contributed by atoms with Crippen molar-refractivity contribution in [1.29, 1.82) is 0 Å². The predicted octanol–water partition coefficient (Wildman–Crippen LogP) is 6.50. The molecule has 0 atom stereocenters. The van der Waals surface area contributed by atoms with Gasteiger partial charge < -0.3 is 9.47 Å². The molecule has 0 spiro atoms. The maximum Gasteiger partial charge on any atom is 0.416 e. The quantitative estimate of drug-likeness (QED) is 0.320. The van der Waals surface area contributed by atoms with E-state index < -0.39 is 11.7 Å². The molecular formula is C25H21F3O3. The topological polar surface area (TPSA) is 35.5 Å². The highest BCUT2D eigenvalue weighted by molar-refractivity contribution is 6.06. The Labute approximate surface area is 178 Å². The number of aryl methyl sites for hydroxylation is 1. The Balaban J connectivity index is 1.76. The molecule has 0 heterocycles. The van der Waals surface area contributed by atoms with Crippen molar-refractivity contribution in [3.8, 4) is 11.5 Å². The molecule has 0 unspecified atom stereocenters. The molecular weight excluding hydrogens is 405 g/mol. The van der Waals surface area contributed by atoms with Gasteiger partial charge in [-0.1, -0.05) is 42.0 Å². The van der Waals surface area contributed by atoms with E-state index in [0.717, 1.165) is 23.3 Å². The fourth-order valence-corrected chi connectivity index (χ4v) is 3.00. The molecule has 0 aliphatic heterocycles. The molecule has 0 saturated heterocycles. The van der Waals surface area contributed by atoms with Crippen LogP contribution in [-0.2, 0) is 12.8 Å². The molecule has 0 aliphatic rings. The van der Waals surface area contributed by atoms with E-state index in [9.17, 15) is 18.0 Å². The Hall–Kier alpha value is -3.54. The third-order valence-corrected chi connectivity index (χ3v) is 4.59. The SMILES string of the molecule is COc1ccc(/C=C/C(=O)c2cccc(C)c2)cc1COc1cccc(C(F)(F)F)c1. The van der Waals surface area contributed by atoms with Crippen LogP contribution in [-0.4, -0.2) is 12.9 Å². The first-order chi connectivity index (χ1) is 14.8. The number of allylic oxidation sites excluding steroid dienone is 1. The van der Waals surface area contributed by atoms with Gasteiger partial charge in [0.05, 0.1) is 12.7 Å². The number of hydrogen-bond donors (Lipinski definition) is 0. The molecule has 31 heavy (non-hydrogen) atoms. The maximum absolute atomic E-state index is 12.9. The molecule has 0 radical (unpaired) electrons. The van der Waals surface area contributed by atoms with Gasteiger partial charge in [-0.2, -0.15) is 13.2 Å². The summed E-state index contributed by atoms with van der Waals surface area (Å²) in [6.45, 7) is 1.93. The van der Waals surface area contributed by atoms with Gasteiger partial charge >= 0.3 is 6.18 Å². The van der Waals surface area contributed by atoms with Crippen LogP contribution < -0.4 is 9.47 Å². The first kappa shape index (κ1) is 22.2. The number of hydrogen-bond acceptors (Lipinski definition) is 3. The van der Waals surface area contributed by atoms with Crippen molar-refractivity contribution >= 4 is 11.9 Å². The molecule has 0 fully saturated rings. The van der Waals surface area contributed by atoms with Crippen LogP contribution in [0.25, 0.3) is 6.08 Å². The van der Waals surface area contributed by atoms with Crippen LogP contribution in [0.2, 0.25) is 0 Å². The zero-order chi connectivity index (χ0) is 22.4. The zero-order valence-electron chi connectivity index (χ0n) is 17.1. The molecule has 0 aromatic heterocycles.